The van der Waals surface area contributed by atoms with Crippen LogP contribution in [0.1, 0.15) is 35.3 Å². The van der Waals surface area contributed by atoms with Gasteiger partial charge in [0.25, 0.3) is 0 Å². The minimum Gasteiger partial charge on any atom is -0.488 e. The van der Waals surface area contributed by atoms with Crippen molar-refractivity contribution in [3.63, 3.8) is 0 Å². The molecule has 3 amide bonds. The number of nitrogens with zero attached hydrogens (tertiary/aromatic N) is 2. The number of carboxylic acids is 1. The van der Waals surface area contributed by atoms with Crippen molar-refractivity contribution in [1.29, 1.82) is 0 Å². The highest BCUT2D eigenvalue weighted by Gasteiger charge is 2.31. The second kappa shape index (κ2) is 13.9. The standard InChI is InChI=1S/C33H38N4O8/c1-20-15-37(21(2)18-38)31(39)13-24-12-25(34-33(42)35-26-9-11-28-29(14-26)44-19-43-28)8-10-27(24)45-30(20)17-36(3)16-22-4-6-23(7-5-22)32(40)41/h4-12,14,20-21,30,38H,13,15-19H2,1-3H3,(H,40,41)(H2,34,35,42)/t20-,21+,30+/m0/s1. The zero-order valence-corrected chi connectivity index (χ0v) is 25.5. The van der Waals surface area contributed by atoms with E-state index in [0.717, 1.165) is 5.56 Å². The molecular weight excluding hydrogens is 580 g/mol. The fourth-order valence-corrected chi connectivity index (χ4v) is 5.43. The van der Waals surface area contributed by atoms with Crippen LogP contribution in [0.25, 0.3) is 0 Å². The Hall–Kier alpha value is -4.81. The topological polar surface area (TPSA) is 150 Å². The number of nitrogens with one attached hydrogen (secondary N) is 2. The van der Waals surface area contributed by atoms with Gasteiger partial charge < -0.3 is 40.0 Å². The van der Waals surface area contributed by atoms with Crippen LogP contribution in [-0.4, -0.2) is 83.6 Å². The van der Waals surface area contributed by atoms with E-state index in [-0.39, 0.29) is 49.4 Å². The number of benzene rings is 3. The zero-order valence-electron chi connectivity index (χ0n) is 25.5. The third-order valence-corrected chi connectivity index (χ3v) is 7.95. The molecule has 0 aliphatic carbocycles. The number of likely N-dealkylation sites (N-methyl/N-ethyl adjacent to an activating group) is 1. The average molecular weight is 619 g/mol. The molecule has 0 fully saturated rings. The molecule has 0 spiro atoms. The van der Waals surface area contributed by atoms with Crippen molar-refractivity contribution in [2.24, 2.45) is 5.92 Å². The minimum atomic E-state index is -0.971. The van der Waals surface area contributed by atoms with E-state index in [1.165, 1.54) is 0 Å². The molecule has 12 nitrogen and oxygen atoms in total. The van der Waals surface area contributed by atoms with Gasteiger partial charge in [-0.1, -0.05) is 19.1 Å². The third-order valence-electron chi connectivity index (χ3n) is 7.95. The van der Waals surface area contributed by atoms with E-state index in [1.807, 2.05) is 20.9 Å². The lowest BCUT2D eigenvalue weighted by Crippen LogP contribution is -2.47. The van der Waals surface area contributed by atoms with Crippen LogP contribution in [0.5, 0.6) is 17.2 Å². The van der Waals surface area contributed by atoms with Crippen LogP contribution in [0.3, 0.4) is 0 Å². The average Bonchev–Trinajstić information content (AvgIpc) is 3.49. The van der Waals surface area contributed by atoms with Crippen LogP contribution < -0.4 is 24.8 Å². The lowest BCUT2D eigenvalue weighted by atomic mass is 10.0. The normalized spacial score (nSPS) is 18.2. The zero-order chi connectivity index (χ0) is 32.1. The van der Waals surface area contributed by atoms with Crippen LogP contribution in [0, 0.1) is 5.92 Å². The molecule has 3 atom stereocenters. The summed E-state index contributed by atoms with van der Waals surface area (Å²) in [6.45, 7) is 5.27. The van der Waals surface area contributed by atoms with Crippen molar-refractivity contribution < 1.29 is 38.8 Å². The number of hydrogen-bond acceptors (Lipinski definition) is 8. The summed E-state index contributed by atoms with van der Waals surface area (Å²) in [6.07, 6.45) is -0.288. The first-order valence-corrected chi connectivity index (χ1v) is 14.8. The van der Waals surface area contributed by atoms with Crippen molar-refractivity contribution in [3.05, 3.63) is 77.4 Å². The summed E-state index contributed by atoms with van der Waals surface area (Å²) in [7, 11) is 1.96. The van der Waals surface area contributed by atoms with Crippen molar-refractivity contribution in [1.82, 2.24) is 9.80 Å². The number of anilines is 2. The Morgan fingerprint density at radius 1 is 1.00 bits per heavy atom. The second-order valence-electron chi connectivity index (χ2n) is 11.6. The van der Waals surface area contributed by atoms with Crippen molar-refractivity contribution >= 4 is 29.3 Å². The maximum absolute atomic E-state index is 13.5. The number of ether oxygens (including phenoxy) is 3. The van der Waals surface area contributed by atoms with Crippen LogP contribution in [0.4, 0.5) is 16.2 Å². The molecule has 3 aromatic rings. The summed E-state index contributed by atoms with van der Waals surface area (Å²) >= 11 is 0. The number of aliphatic hydroxyl groups is 1. The van der Waals surface area contributed by atoms with Gasteiger partial charge in [-0.25, -0.2) is 9.59 Å². The molecule has 2 heterocycles. The summed E-state index contributed by atoms with van der Waals surface area (Å²) in [4.78, 5) is 41.4. The Kier molecular flexibility index (Phi) is 9.74. The Morgan fingerprint density at radius 2 is 1.67 bits per heavy atom. The number of rotatable bonds is 9. The van der Waals surface area contributed by atoms with Crippen molar-refractivity contribution in [2.75, 3.05) is 44.2 Å². The van der Waals surface area contributed by atoms with Gasteiger partial charge in [-0.2, -0.15) is 0 Å². The quantitative estimate of drug-likeness (QED) is 0.279. The molecule has 2 aliphatic rings. The molecule has 0 unspecified atom stereocenters. The number of fused-ring (bicyclic) bond motifs is 2. The molecule has 45 heavy (non-hydrogen) atoms. The first kappa shape index (κ1) is 31.6. The van der Waals surface area contributed by atoms with Gasteiger partial charge >= 0.3 is 12.0 Å². The number of carbonyl (C=O) groups is 3. The van der Waals surface area contributed by atoms with Gasteiger partial charge in [-0.15, -0.1) is 0 Å². The van der Waals surface area contributed by atoms with Gasteiger partial charge in [0.1, 0.15) is 11.9 Å². The van der Waals surface area contributed by atoms with Gasteiger partial charge in [0.2, 0.25) is 12.7 Å². The fourth-order valence-electron chi connectivity index (χ4n) is 5.43. The van der Waals surface area contributed by atoms with Gasteiger partial charge in [-0.05, 0) is 62.0 Å². The summed E-state index contributed by atoms with van der Waals surface area (Å²) in [5.74, 6) is 0.494. The lowest BCUT2D eigenvalue weighted by Gasteiger charge is -2.34. The third kappa shape index (κ3) is 7.83. The van der Waals surface area contributed by atoms with E-state index in [9.17, 15) is 24.6 Å². The number of carbonyl (C=O) groups excluding carboxylic acids is 2. The molecule has 238 valence electrons. The summed E-state index contributed by atoms with van der Waals surface area (Å²) in [5, 5.41) is 24.7. The van der Waals surface area contributed by atoms with Crippen LogP contribution >= 0.6 is 0 Å². The minimum absolute atomic E-state index is 0.0319. The first-order chi connectivity index (χ1) is 21.6. The summed E-state index contributed by atoms with van der Waals surface area (Å²) in [5.41, 5.74) is 2.82. The number of hydrogen-bond donors (Lipinski definition) is 4. The smallest absolute Gasteiger partial charge is 0.335 e. The Labute approximate surface area is 261 Å². The molecule has 0 saturated heterocycles. The molecule has 4 N–H and O–H groups in total. The maximum Gasteiger partial charge on any atom is 0.335 e. The predicted molar refractivity (Wildman–Crippen MR) is 167 cm³/mol. The summed E-state index contributed by atoms with van der Waals surface area (Å²) < 4.78 is 17.3. The Bertz CT molecular complexity index is 1550. The summed E-state index contributed by atoms with van der Waals surface area (Å²) in [6, 6.07) is 16.2. The van der Waals surface area contributed by atoms with E-state index in [0.29, 0.717) is 53.8 Å². The fraction of sp³-hybridized carbons (Fsp3) is 0.364. The first-order valence-electron chi connectivity index (χ1n) is 14.8. The highest BCUT2D eigenvalue weighted by Crippen LogP contribution is 2.34. The van der Waals surface area contributed by atoms with E-state index in [2.05, 4.69) is 15.5 Å². The second-order valence-corrected chi connectivity index (χ2v) is 11.6. The van der Waals surface area contributed by atoms with E-state index < -0.39 is 12.0 Å². The monoisotopic (exact) mass is 618 g/mol. The highest BCUT2D eigenvalue weighted by atomic mass is 16.7. The van der Waals surface area contributed by atoms with E-state index in [4.69, 9.17) is 14.2 Å². The van der Waals surface area contributed by atoms with Gasteiger partial charge in [0.15, 0.2) is 11.5 Å². The molecule has 5 rings (SSSR count). The Morgan fingerprint density at radius 3 is 2.36 bits per heavy atom. The molecule has 0 aromatic heterocycles. The van der Waals surface area contributed by atoms with Crippen molar-refractivity contribution in [3.8, 4) is 17.2 Å². The number of aliphatic hydroxyl groups excluding tert-OH is 1. The SMILES string of the molecule is C[C@H](CO)N1C[C@H](C)[C@@H](CN(C)Cc2ccc(C(=O)O)cc2)Oc2ccc(NC(=O)Nc3ccc4c(c3)OCO4)cc2CC1=O. The van der Waals surface area contributed by atoms with Crippen molar-refractivity contribution in [2.45, 2.75) is 39.0 Å². The van der Waals surface area contributed by atoms with E-state index >= 15 is 0 Å². The van der Waals surface area contributed by atoms with Gasteiger partial charge in [-0.3, -0.25) is 9.69 Å². The molecule has 12 heteroatoms. The van der Waals surface area contributed by atoms with Gasteiger partial charge in [0, 0.05) is 48.6 Å². The number of amides is 3. The molecule has 0 radical (unpaired) electrons. The van der Waals surface area contributed by atoms with Crippen LogP contribution in [0.2, 0.25) is 0 Å². The molecule has 0 bridgehead atoms. The number of carboxylic acid groups (broad SMARTS) is 1. The number of urea groups is 1. The molecule has 3 aromatic carbocycles. The predicted octanol–water partition coefficient (Wildman–Crippen LogP) is 4.04. The Balaban J connectivity index is 1.33. The number of aromatic carboxylic acids is 1. The molecule has 0 saturated carbocycles. The molecular formula is C33H38N4O8. The van der Waals surface area contributed by atoms with Crippen LogP contribution in [-0.2, 0) is 17.8 Å². The lowest BCUT2D eigenvalue weighted by molar-refractivity contribution is -0.134. The van der Waals surface area contributed by atoms with E-state index in [1.54, 1.807) is 65.6 Å². The van der Waals surface area contributed by atoms with Gasteiger partial charge in [0.05, 0.1) is 24.6 Å². The largest absolute Gasteiger partial charge is 0.488 e. The highest BCUT2D eigenvalue weighted by molar-refractivity contribution is 6.00. The maximum atomic E-state index is 13.5. The molecule has 2 aliphatic heterocycles. The van der Waals surface area contributed by atoms with Crippen LogP contribution in [0.15, 0.2) is 60.7 Å².